The van der Waals surface area contributed by atoms with Crippen LogP contribution in [0.5, 0.6) is 11.5 Å². The fraction of sp³-hybridized carbons (Fsp3) is 0.435. The van der Waals surface area contributed by atoms with Crippen molar-refractivity contribution >= 4 is 27.3 Å². The van der Waals surface area contributed by atoms with Crippen molar-refractivity contribution in [2.24, 2.45) is 0 Å². The first kappa shape index (κ1) is 20.2. The number of sulfonamides is 1. The molecule has 2 aromatic carbocycles. The van der Waals surface area contributed by atoms with Gasteiger partial charge in [-0.25, -0.2) is 8.42 Å². The summed E-state index contributed by atoms with van der Waals surface area (Å²) in [5.41, 5.74) is 2.66. The highest BCUT2D eigenvalue weighted by molar-refractivity contribution is 7.92. The molecule has 0 atom stereocenters. The number of amides is 1. The highest BCUT2D eigenvalue weighted by Gasteiger charge is 2.42. The Balaban J connectivity index is 1.33. The number of aryl methyl sites for hydroxylation is 1. The van der Waals surface area contributed by atoms with Gasteiger partial charge in [-0.15, -0.1) is 0 Å². The summed E-state index contributed by atoms with van der Waals surface area (Å²) in [4.78, 5) is 12.9. The van der Waals surface area contributed by atoms with Crippen molar-refractivity contribution < 1.29 is 22.7 Å². The maximum atomic E-state index is 12.9. The van der Waals surface area contributed by atoms with Crippen molar-refractivity contribution in [3.63, 3.8) is 0 Å². The Morgan fingerprint density at radius 1 is 1.00 bits per heavy atom. The number of hydrogen-bond donors (Lipinski definition) is 1. The minimum Gasteiger partial charge on any atom is -0.448 e. The van der Waals surface area contributed by atoms with Gasteiger partial charge in [0.05, 0.1) is 11.9 Å². The van der Waals surface area contributed by atoms with Crippen LogP contribution in [0.1, 0.15) is 54.4 Å². The van der Waals surface area contributed by atoms with Crippen LogP contribution in [0.3, 0.4) is 0 Å². The lowest BCUT2D eigenvalue weighted by Crippen LogP contribution is -2.40. The molecule has 31 heavy (non-hydrogen) atoms. The second kappa shape index (κ2) is 7.44. The lowest BCUT2D eigenvalue weighted by atomic mass is 9.94. The fourth-order valence-electron chi connectivity index (χ4n) is 4.72. The molecule has 1 amide bonds. The van der Waals surface area contributed by atoms with Crippen LogP contribution >= 0.6 is 0 Å². The van der Waals surface area contributed by atoms with Crippen LogP contribution < -0.4 is 19.1 Å². The predicted molar refractivity (Wildman–Crippen MR) is 118 cm³/mol. The van der Waals surface area contributed by atoms with Gasteiger partial charge in [-0.05, 0) is 61.6 Å². The van der Waals surface area contributed by atoms with Crippen molar-refractivity contribution in [3.05, 3.63) is 47.5 Å². The number of rotatable bonds is 3. The van der Waals surface area contributed by atoms with Gasteiger partial charge in [0.1, 0.15) is 0 Å². The summed E-state index contributed by atoms with van der Waals surface area (Å²) in [6, 6.07) is 10.6. The molecule has 2 heterocycles. The molecule has 0 saturated heterocycles. The number of anilines is 2. The Labute approximate surface area is 182 Å². The summed E-state index contributed by atoms with van der Waals surface area (Å²) in [5.74, 6) is 0.585. The Kier molecular flexibility index (Phi) is 4.84. The Hall–Kier alpha value is -2.74. The average molecular weight is 443 g/mol. The van der Waals surface area contributed by atoms with Crippen LogP contribution in [-0.4, -0.2) is 32.9 Å². The van der Waals surface area contributed by atoms with Crippen LogP contribution in [0, 0.1) is 0 Å². The van der Waals surface area contributed by atoms with Gasteiger partial charge >= 0.3 is 0 Å². The Bertz CT molecular complexity index is 1140. The number of ether oxygens (including phenoxy) is 2. The summed E-state index contributed by atoms with van der Waals surface area (Å²) in [6.07, 6.45) is 7.82. The smallest absolute Gasteiger partial charge is 0.255 e. The zero-order chi connectivity index (χ0) is 21.6. The van der Waals surface area contributed by atoms with Crippen molar-refractivity contribution in [3.8, 4) is 11.5 Å². The summed E-state index contributed by atoms with van der Waals surface area (Å²) in [7, 11) is -3.33. The largest absolute Gasteiger partial charge is 0.448 e. The van der Waals surface area contributed by atoms with E-state index in [1.54, 1.807) is 24.3 Å². The first-order chi connectivity index (χ1) is 14.8. The maximum absolute atomic E-state index is 12.9. The standard InChI is InChI=1S/C23H26N2O5S/c1-31(27,28)25-13-5-6-16-14-17(7-9-19(16)25)22(26)24-18-8-10-20-21(15-18)30-23(29-20)11-3-2-4-12-23/h7-10,14-15H,2-6,11-13H2,1H3,(H,24,26). The van der Waals surface area contributed by atoms with Crippen LogP contribution in [0.2, 0.25) is 0 Å². The highest BCUT2D eigenvalue weighted by atomic mass is 32.2. The second-order valence-corrected chi connectivity index (χ2v) is 10.5. The van der Waals surface area contributed by atoms with E-state index in [0.717, 1.165) is 49.8 Å². The third kappa shape index (κ3) is 3.84. The van der Waals surface area contributed by atoms with Crippen LogP contribution in [0.4, 0.5) is 11.4 Å². The normalized spacial score (nSPS) is 19.2. The van der Waals surface area contributed by atoms with Crippen LogP contribution in [0.25, 0.3) is 0 Å². The maximum Gasteiger partial charge on any atom is 0.255 e. The van der Waals surface area contributed by atoms with Gasteiger partial charge in [0.25, 0.3) is 11.7 Å². The third-order valence-electron chi connectivity index (χ3n) is 6.23. The molecule has 0 aromatic heterocycles. The van der Waals surface area contributed by atoms with Gasteiger partial charge in [-0.1, -0.05) is 6.42 Å². The third-order valence-corrected chi connectivity index (χ3v) is 7.41. The zero-order valence-electron chi connectivity index (χ0n) is 17.5. The van der Waals surface area contributed by atoms with E-state index in [-0.39, 0.29) is 5.91 Å². The van der Waals surface area contributed by atoms with Gasteiger partial charge < -0.3 is 14.8 Å². The molecule has 1 aliphatic carbocycles. The van der Waals surface area contributed by atoms with Crippen LogP contribution in [0.15, 0.2) is 36.4 Å². The quantitative estimate of drug-likeness (QED) is 0.774. The van der Waals surface area contributed by atoms with E-state index in [0.29, 0.717) is 29.2 Å². The molecule has 3 aliphatic rings. The van der Waals surface area contributed by atoms with E-state index in [1.165, 1.54) is 17.0 Å². The lowest BCUT2D eigenvalue weighted by molar-refractivity contribution is -0.105. The van der Waals surface area contributed by atoms with E-state index in [2.05, 4.69) is 5.32 Å². The molecule has 164 valence electrons. The molecule has 1 N–H and O–H groups in total. The van der Waals surface area contributed by atoms with Crippen molar-refractivity contribution in [2.45, 2.75) is 50.7 Å². The van der Waals surface area contributed by atoms with Gasteiger partial charge in [0.2, 0.25) is 10.0 Å². The number of carbonyl (C=O) groups is 1. The van der Waals surface area contributed by atoms with Crippen molar-refractivity contribution in [1.29, 1.82) is 0 Å². The molecule has 0 unspecified atom stereocenters. The minimum atomic E-state index is -3.33. The van der Waals surface area contributed by atoms with Gasteiger partial charge in [-0.2, -0.15) is 0 Å². The molecule has 8 heteroatoms. The van der Waals surface area contributed by atoms with E-state index in [1.807, 2.05) is 12.1 Å². The molecular weight excluding hydrogens is 416 g/mol. The molecule has 0 radical (unpaired) electrons. The van der Waals surface area contributed by atoms with Gasteiger partial charge in [0, 0.05) is 36.7 Å². The molecule has 2 aliphatic heterocycles. The number of fused-ring (bicyclic) bond motifs is 2. The second-order valence-electron chi connectivity index (χ2n) is 8.57. The molecule has 1 saturated carbocycles. The summed E-state index contributed by atoms with van der Waals surface area (Å²) in [5, 5.41) is 2.92. The topological polar surface area (TPSA) is 84.9 Å². The first-order valence-electron chi connectivity index (χ1n) is 10.8. The summed E-state index contributed by atoms with van der Waals surface area (Å²) < 4.78 is 37.7. The number of nitrogens with zero attached hydrogens (tertiary/aromatic N) is 1. The van der Waals surface area contributed by atoms with Crippen LogP contribution in [-0.2, 0) is 16.4 Å². The van der Waals surface area contributed by atoms with Gasteiger partial charge in [0.15, 0.2) is 11.5 Å². The van der Waals surface area contributed by atoms with E-state index < -0.39 is 15.8 Å². The van der Waals surface area contributed by atoms with E-state index in [4.69, 9.17) is 9.47 Å². The van der Waals surface area contributed by atoms with Crippen molar-refractivity contribution in [2.75, 3.05) is 22.4 Å². The number of hydrogen-bond acceptors (Lipinski definition) is 5. The fourth-order valence-corrected chi connectivity index (χ4v) is 5.71. The van der Waals surface area contributed by atoms with Crippen molar-refractivity contribution in [1.82, 2.24) is 0 Å². The molecule has 1 spiro atoms. The zero-order valence-corrected chi connectivity index (χ0v) is 18.3. The lowest BCUT2D eigenvalue weighted by Gasteiger charge is -2.31. The molecule has 2 aromatic rings. The average Bonchev–Trinajstić information content (AvgIpc) is 3.09. The molecular formula is C23H26N2O5S. The molecule has 5 rings (SSSR count). The Morgan fingerprint density at radius 2 is 1.77 bits per heavy atom. The first-order valence-corrected chi connectivity index (χ1v) is 12.6. The molecule has 1 fully saturated rings. The number of benzene rings is 2. The SMILES string of the molecule is CS(=O)(=O)N1CCCc2cc(C(=O)Nc3ccc4c(c3)OC3(CCCCC3)O4)ccc21. The number of nitrogens with one attached hydrogen (secondary N) is 1. The minimum absolute atomic E-state index is 0.245. The summed E-state index contributed by atoms with van der Waals surface area (Å²) in [6.45, 7) is 0.468. The summed E-state index contributed by atoms with van der Waals surface area (Å²) >= 11 is 0. The number of carbonyl (C=O) groups excluding carboxylic acids is 1. The molecule has 0 bridgehead atoms. The molecule has 7 nitrogen and oxygen atoms in total. The van der Waals surface area contributed by atoms with Gasteiger partial charge in [-0.3, -0.25) is 9.10 Å². The van der Waals surface area contributed by atoms with E-state index >= 15 is 0 Å². The monoisotopic (exact) mass is 442 g/mol. The highest BCUT2D eigenvalue weighted by Crippen LogP contribution is 2.46. The van der Waals surface area contributed by atoms with E-state index in [9.17, 15) is 13.2 Å². The predicted octanol–water partition coefficient (Wildman–Crippen LogP) is 4.08. The Morgan fingerprint density at radius 3 is 2.55 bits per heavy atom.